The molecule has 0 radical (unpaired) electrons. The zero-order valence-electron chi connectivity index (χ0n) is 17.5. The second-order valence-corrected chi connectivity index (χ2v) is 7.16. The molecule has 0 aliphatic carbocycles. The number of nitrogens with zero attached hydrogens (tertiary/aromatic N) is 1. The molecule has 1 aromatic carbocycles. The lowest BCUT2D eigenvalue weighted by Crippen LogP contribution is -2.38. The van der Waals surface area contributed by atoms with Crippen LogP contribution in [0.15, 0.2) is 29.3 Å². The van der Waals surface area contributed by atoms with Crippen LogP contribution in [0.3, 0.4) is 0 Å². The molecule has 1 aliphatic rings. The summed E-state index contributed by atoms with van der Waals surface area (Å²) in [4.78, 5) is 16.2. The number of hydrogen-bond donors (Lipinski definition) is 2. The molecule has 1 heterocycles. The number of hydrogen-bond acceptors (Lipinski definition) is 4. The molecule has 1 saturated heterocycles. The van der Waals surface area contributed by atoms with Crippen LogP contribution in [0.2, 0.25) is 0 Å². The lowest BCUT2D eigenvalue weighted by Gasteiger charge is -2.31. The molecule has 1 aliphatic heterocycles. The second-order valence-electron chi connectivity index (χ2n) is 7.16. The number of esters is 1. The smallest absolute Gasteiger partial charge is 0.305 e. The molecule has 0 aromatic heterocycles. The summed E-state index contributed by atoms with van der Waals surface area (Å²) in [6.45, 7) is 9.42. The van der Waals surface area contributed by atoms with E-state index >= 15 is 0 Å². The van der Waals surface area contributed by atoms with Gasteiger partial charge in [-0.2, -0.15) is 0 Å². The van der Waals surface area contributed by atoms with Crippen LogP contribution in [-0.2, 0) is 14.3 Å². The Hall–Kier alpha value is -2.08. The highest BCUT2D eigenvalue weighted by molar-refractivity contribution is 5.79. The van der Waals surface area contributed by atoms with Crippen molar-refractivity contribution >= 4 is 11.9 Å². The van der Waals surface area contributed by atoms with Crippen molar-refractivity contribution in [2.24, 2.45) is 10.9 Å². The third kappa shape index (κ3) is 7.50. The predicted molar refractivity (Wildman–Crippen MR) is 112 cm³/mol. The Kier molecular flexibility index (Phi) is 9.83. The van der Waals surface area contributed by atoms with E-state index in [1.807, 2.05) is 6.92 Å². The highest BCUT2D eigenvalue weighted by Crippen LogP contribution is 2.33. The van der Waals surface area contributed by atoms with Crippen molar-refractivity contribution in [1.82, 2.24) is 10.6 Å². The van der Waals surface area contributed by atoms with E-state index in [-0.39, 0.29) is 12.1 Å². The lowest BCUT2D eigenvalue weighted by atomic mass is 9.89. The molecule has 0 amide bonds. The summed E-state index contributed by atoms with van der Waals surface area (Å²) >= 11 is 0. The largest absolute Gasteiger partial charge is 0.466 e. The Bertz CT molecular complexity index is 616. The number of nitrogens with one attached hydrogen (secondary N) is 2. The molecule has 1 fully saturated rings. The van der Waals surface area contributed by atoms with Crippen molar-refractivity contribution < 1.29 is 14.3 Å². The maximum absolute atomic E-state index is 11.4. The van der Waals surface area contributed by atoms with Crippen LogP contribution in [-0.4, -0.2) is 44.8 Å². The van der Waals surface area contributed by atoms with Crippen LogP contribution in [0.25, 0.3) is 0 Å². The minimum absolute atomic E-state index is 0.102. The van der Waals surface area contributed by atoms with Crippen molar-refractivity contribution in [3.63, 3.8) is 0 Å². The van der Waals surface area contributed by atoms with Crippen LogP contribution in [0.4, 0.5) is 0 Å². The van der Waals surface area contributed by atoms with Crippen molar-refractivity contribution in [2.75, 3.05) is 32.8 Å². The van der Waals surface area contributed by atoms with Gasteiger partial charge in [0.15, 0.2) is 5.96 Å². The number of benzene rings is 1. The molecular formula is C22H35N3O3. The van der Waals surface area contributed by atoms with Crippen molar-refractivity contribution in [3.8, 4) is 0 Å². The number of carbonyl (C=O) groups is 1. The lowest BCUT2D eigenvalue weighted by molar-refractivity contribution is -0.143. The Morgan fingerprint density at radius 2 is 2.04 bits per heavy atom. The van der Waals surface area contributed by atoms with Crippen LogP contribution in [0, 0.1) is 12.8 Å². The molecule has 2 rings (SSSR count). The molecule has 2 atom stereocenters. The number of aliphatic imine (C=N–C) groups is 1. The quantitative estimate of drug-likeness (QED) is 0.293. The van der Waals surface area contributed by atoms with Crippen LogP contribution in [0.1, 0.15) is 56.8 Å². The maximum Gasteiger partial charge on any atom is 0.305 e. The van der Waals surface area contributed by atoms with E-state index in [0.717, 1.165) is 38.4 Å². The van der Waals surface area contributed by atoms with Gasteiger partial charge in [0, 0.05) is 38.6 Å². The number of aryl methyl sites for hydroxylation is 1. The Balaban J connectivity index is 1.89. The standard InChI is InChI=1S/C22H35N3O3/c1-4-23-22(24-14-6-9-20(26)27-5-2)25-16-19-8-7-15-28-21(19)18-12-10-17(3)11-13-18/h10-13,19,21H,4-9,14-16H2,1-3H3,(H2,23,24,25). The fourth-order valence-electron chi connectivity index (χ4n) is 3.38. The number of rotatable bonds is 9. The maximum atomic E-state index is 11.4. The number of guanidine groups is 1. The first-order valence-corrected chi connectivity index (χ1v) is 10.5. The minimum Gasteiger partial charge on any atom is -0.466 e. The van der Waals surface area contributed by atoms with E-state index in [9.17, 15) is 4.79 Å². The van der Waals surface area contributed by atoms with E-state index in [1.54, 1.807) is 0 Å². The third-order valence-corrected chi connectivity index (χ3v) is 4.83. The predicted octanol–water partition coefficient (Wildman–Crippen LogP) is 3.36. The van der Waals surface area contributed by atoms with Crippen LogP contribution < -0.4 is 10.6 Å². The molecule has 1 aromatic rings. The summed E-state index contributed by atoms with van der Waals surface area (Å²) in [7, 11) is 0. The molecule has 2 N–H and O–H groups in total. The van der Waals surface area contributed by atoms with Gasteiger partial charge in [-0.25, -0.2) is 0 Å². The van der Waals surface area contributed by atoms with Gasteiger partial charge in [-0.05, 0) is 45.6 Å². The molecule has 0 spiro atoms. The Morgan fingerprint density at radius 1 is 1.25 bits per heavy atom. The van der Waals surface area contributed by atoms with Gasteiger partial charge in [0.1, 0.15) is 0 Å². The highest BCUT2D eigenvalue weighted by atomic mass is 16.5. The van der Waals surface area contributed by atoms with Gasteiger partial charge in [-0.1, -0.05) is 29.8 Å². The number of carbonyl (C=O) groups excluding carboxylic acids is 1. The molecule has 6 heteroatoms. The topological polar surface area (TPSA) is 72.0 Å². The zero-order chi connectivity index (χ0) is 20.2. The Morgan fingerprint density at radius 3 is 2.75 bits per heavy atom. The zero-order valence-corrected chi connectivity index (χ0v) is 17.5. The summed E-state index contributed by atoms with van der Waals surface area (Å²) in [5.74, 6) is 1.01. The normalized spacial score (nSPS) is 19.9. The average molecular weight is 390 g/mol. The molecular weight excluding hydrogens is 354 g/mol. The average Bonchev–Trinajstić information content (AvgIpc) is 2.70. The highest BCUT2D eigenvalue weighted by Gasteiger charge is 2.27. The van der Waals surface area contributed by atoms with E-state index in [4.69, 9.17) is 14.5 Å². The minimum atomic E-state index is -0.147. The van der Waals surface area contributed by atoms with Gasteiger partial charge in [-0.15, -0.1) is 0 Å². The molecule has 2 unspecified atom stereocenters. The van der Waals surface area contributed by atoms with Crippen LogP contribution in [0.5, 0.6) is 0 Å². The van der Waals surface area contributed by atoms with E-state index < -0.39 is 0 Å². The van der Waals surface area contributed by atoms with E-state index in [2.05, 4.69) is 48.7 Å². The second kappa shape index (κ2) is 12.4. The summed E-state index contributed by atoms with van der Waals surface area (Å²) in [6.07, 6.45) is 3.44. The molecule has 156 valence electrons. The first kappa shape index (κ1) is 22.2. The molecule has 0 saturated carbocycles. The summed E-state index contributed by atoms with van der Waals surface area (Å²) in [5.41, 5.74) is 2.49. The van der Waals surface area contributed by atoms with Gasteiger partial charge < -0.3 is 20.1 Å². The van der Waals surface area contributed by atoms with Crippen molar-refractivity contribution in [1.29, 1.82) is 0 Å². The first-order chi connectivity index (χ1) is 13.6. The van der Waals surface area contributed by atoms with E-state index in [0.29, 0.717) is 32.0 Å². The van der Waals surface area contributed by atoms with Gasteiger partial charge in [0.05, 0.1) is 12.7 Å². The van der Waals surface area contributed by atoms with Crippen molar-refractivity contribution in [2.45, 2.75) is 52.6 Å². The van der Waals surface area contributed by atoms with Gasteiger partial charge in [0.2, 0.25) is 0 Å². The molecule has 0 bridgehead atoms. The van der Waals surface area contributed by atoms with Gasteiger partial charge >= 0.3 is 5.97 Å². The first-order valence-electron chi connectivity index (χ1n) is 10.5. The molecule has 6 nitrogen and oxygen atoms in total. The third-order valence-electron chi connectivity index (χ3n) is 4.83. The summed E-state index contributed by atoms with van der Waals surface area (Å²) in [5, 5.41) is 6.59. The van der Waals surface area contributed by atoms with Gasteiger partial charge in [-0.3, -0.25) is 9.79 Å². The summed E-state index contributed by atoms with van der Waals surface area (Å²) in [6, 6.07) is 8.62. The molecule has 28 heavy (non-hydrogen) atoms. The summed E-state index contributed by atoms with van der Waals surface area (Å²) < 4.78 is 11.1. The SMILES string of the molecule is CCNC(=NCC1CCCOC1c1ccc(C)cc1)NCCCC(=O)OCC. The van der Waals surface area contributed by atoms with Crippen molar-refractivity contribution in [3.05, 3.63) is 35.4 Å². The number of ether oxygens (including phenoxy) is 2. The van der Waals surface area contributed by atoms with E-state index in [1.165, 1.54) is 11.1 Å². The monoisotopic (exact) mass is 389 g/mol. The van der Waals surface area contributed by atoms with Gasteiger partial charge in [0.25, 0.3) is 0 Å². The Labute approximate surface area is 169 Å². The fraction of sp³-hybridized carbons (Fsp3) is 0.636. The fourth-order valence-corrected chi connectivity index (χ4v) is 3.38. The van der Waals surface area contributed by atoms with Crippen LogP contribution >= 0.6 is 0 Å².